The van der Waals surface area contributed by atoms with Crippen molar-refractivity contribution in [3.05, 3.63) is 29.7 Å². The maximum absolute atomic E-state index is 12.3. The number of anilines is 1. The van der Waals surface area contributed by atoms with Crippen LogP contribution in [-0.2, 0) is 0 Å². The zero-order chi connectivity index (χ0) is 18.1. The molecule has 25 heavy (non-hydrogen) atoms. The van der Waals surface area contributed by atoms with E-state index in [1.807, 2.05) is 40.8 Å². The van der Waals surface area contributed by atoms with Crippen molar-refractivity contribution in [2.24, 2.45) is 0 Å². The Hall–Kier alpha value is -2.97. The maximum atomic E-state index is 12.3. The summed E-state index contributed by atoms with van der Waals surface area (Å²) >= 11 is 0. The number of hydrogen-bond acceptors (Lipinski definition) is 6. The van der Waals surface area contributed by atoms with E-state index in [1.54, 1.807) is 21.5 Å². The molecule has 0 atom stereocenters. The van der Waals surface area contributed by atoms with Gasteiger partial charge < -0.3 is 4.42 Å². The number of carbonyl (C=O) groups excluding carboxylic acids is 1. The number of nitrogens with one attached hydrogen (secondary N) is 1. The van der Waals surface area contributed by atoms with Gasteiger partial charge in [0, 0.05) is 24.0 Å². The SMILES string of the molecule is Cc1cc(C(=O)Nc2nnc(-c3ccn(C(C)C)n3)o2)nn1C(C)C. The third-order valence-electron chi connectivity index (χ3n) is 3.65. The van der Waals surface area contributed by atoms with E-state index >= 15 is 0 Å². The highest BCUT2D eigenvalue weighted by molar-refractivity contribution is 6.01. The zero-order valence-corrected chi connectivity index (χ0v) is 14.9. The second-order valence-electron chi connectivity index (χ2n) is 6.35. The van der Waals surface area contributed by atoms with E-state index in [2.05, 4.69) is 25.7 Å². The molecule has 0 bridgehead atoms. The Bertz CT molecular complexity index is 888. The van der Waals surface area contributed by atoms with Crippen LogP contribution in [0.5, 0.6) is 0 Å². The van der Waals surface area contributed by atoms with Crippen molar-refractivity contribution in [2.75, 3.05) is 5.32 Å². The first-order valence-electron chi connectivity index (χ1n) is 8.11. The Morgan fingerprint density at radius 3 is 2.52 bits per heavy atom. The summed E-state index contributed by atoms with van der Waals surface area (Å²) in [5, 5.41) is 19.0. The van der Waals surface area contributed by atoms with E-state index in [4.69, 9.17) is 4.42 Å². The van der Waals surface area contributed by atoms with Crippen LogP contribution in [0.15, 0.2) is 22.7 Å². The number of rotatable bonds is 5. The first kappa shape index (κ1) is 16.9. The van der Waals surface area contributed by atoms with Crippen LogP contribution in [-0.4, -0.2) is 35.7 Å². The lowest BCUT2D eigenvalue weighted by Crippen LogP contribution is -2.14. The molecule has 0 aromatic carbocycles. The molecule has 0 spiro atoms. The summed E-state index contributed by atoms with van der Waals surface area (Å²) < 4.78 is 9.05. The van der Waals surface area contributed by atoms with Gasteiger partial charge in [-0.2, -0.15) is 10.2 Å². The monoisotopic (exact) mass is 343 g/mol. The van der Waals surface area contributed by atoms with Gasteiger partial charge >= 0.3 is 6.01 Å². The van der Waals surface area contributed by atoms with Gasteiger partial charge in [-0.05, 0) is 46.8 Å². The lowest BCUT2D eigenvalue weighted by atomic mass is 10.3. The Balaban J connectivity index is 1.74. The van der Waals surface area contributed by atoms with Crippen molar-refractivity contribution >= 4 is 11.9 Å². The fourth-order valence-corrected chi connectivity index (χ4v) is 2.40. The van der Waals surface area contributed by atoms with Gasteiger partial charge in [0.25, 0.3) is 11.8 Å². The van der Waals surface area contributed by atoms with Gasteiger partial charge in [-0.1, -0.05) is 5.10 Å². The quantitative estimate of drug-likeness (QED) is 0.764. The normalized spacial score (nSPS) is 11.5. The minimum atomic E-state index is -0.398. The van der Waals surface area contributed by atoms with Crippen molar-refractivity contribution in [2.45, 2.75) is 46.7 Å². The number of amides is 1. The summed E-state index contributed by atoms with van der Waals surface area (Å²) in [7, 11) is 0. The van der Waals surface area contributed by atoms with Crippen molar-refractivity contribution in [1.82, 2.24) is 29.8 Å². The van der Waals surface area contributed by atoms with Crippen LogP contribution in [0, 0.1) is 6.92 Å². The van der Waals surface area contributed by atoms with Gasteiger partial charge in [-0.15, -0.1) is 5.10 Å². The highest BCUT2D eigenvalue weighted by Crippen LogP contribution is 2.19. The van der Waals surface area contributed by atoms with Crippen LogP contribution < -0.4 is 5.32 Å². The van der Waals surface area contributed by atoms with Crippen LogP contribution in [0.3, 0.4) is 0 Å². The molecule has 3 aromatic heterocycles. The highest BCUT2D eigenvalue weighted by atomic mass is 16.4. The molecular formula is C16H21N7O2. The number of aryl methyl sites for hydroxylation is 1. The average Bonchev–Trinajstić information content (AvgIpc) is 3.24. The van der Waals surface area contributed by atoms with Gasteiger partial charge in [0.2, 0.25) is 0 Å². The molecular weight excluding hydrogens is 322 g/mol. The molecule has 0 aliphatic carbocycles. The lowest BCUT2D eigenvalue weighted by Gasteiger charge is -2.06. The molecule has 3 heterocycles. The molecule has 0 aliphatic heterocycles. The topological polar surface area (TPSA) is 104 Å². The molecule has 0 saturated carbocycles. The van der Waals surface area contributed by atoms with Crippen LogP contribution in [0.4, 0.5) is 6.01 Å². The Morgan fingerprint density at radius 1 is 1.16 bits per heavy atom. The number of hydrogen-bond donors (Lipinski definition) is 1. The van der Waals surface area contributed by atoms with Gasteiger partial charge in [0.15, 0.2) is 5.69 Å². The Labute approximate surface area is 145 Å². The predicted molar refractivity (Wildman–Crippen MR) is 91.2 cm³/mol. The van der Waals surface area contributed by atoms with E-state index in [-0.39, 0.29) is 24.0 Å². The van der Waals surface area contributed by atoms with Crippen LogP contribution >= 0.6 is 0 Å². The molecule has 9 nitrogen and oxygen atoms in total. The van der Waals surface area contributed by atoms with Crippen LogP contribution in [0.2, 0.25) is 0 Å². The van der Waals surface area contributed by atoms with Gasteiger partial charge in [0.1, 0.15) is 5.69 Å². The van der Waals surface area contributed by atoms with Crippen LogP contribution in [0.1, 0.15) is 56.0 Å². The average molecular weight is 343 g/mol. The summed E-state index contributed by atoms with van der Waals surface area (Å²) in [6.07, 6.45) is 1.84. The second kappa shape index (κ2) is 6.50. The largest absolute Gasteiger partial charge is 0.401 e. The Morgan fingerprint density at radius 2 is 1.92 bits per heavy atom. The summed E-state index contributed by atoms with van der Waals surface area (Å²) in [6, 6.07) is 3.92. The first-order chi connectivity index (χ1) is 11.8. The molecule has 132 valence electrons. The van der Waals surface area contributed by atoms with Crippen LogP contribution in [0.25, 0.3) is 11.6 Å². The van der Waals surface area contributed by atoms with E-state index < -0.39 is 5.91 Å². The summed E-state index contributed by atoms with van der Waals surface area (Å²) in [5.41, 5.74) is 1.77. The fourth-order valence-electron chi connectivity index (χ4n) is 2.40. The van der Waals surface area contributed by atoms with E-state index in [0.717, 1.165) is 5.69 Å². The standard InChI is InChI=1S/C16H21N7O2/c1-9(2)22-7-6-12(20-22)15-18-19-16(25-15)17-14(24)13-8-11(5)23(21-13)10(3)4/h6-10H,1-5H3,(H,17,19,24). The summed E-state index contributed by atoms with van der Waals surface area (Å²) in [4.78, 5) is 12.3. The van der Waals surface area contributed by atoms with Crippen molar-refractivity contribution < 1.29 is 9.21 Å². The molecule has 0 radical (unpaired) electrons. The molecule has 1 amide bonds. The number of nitrogens with zero attached hydrogens (tertiary/aromatic N) is 6. The van der Waals surface area contributed by atoms with E-state index in [9.17, 15) is 4.79 Å². The highest BCUT2D eigenvalue weighted by Gasteiger charge is 2.18. The maximum Gasteiger partial charge on any atom is 0.322 e. The number of aromatic nitrogens is 6. The molecule has 0 aliphatic rings. The van der Waals surface area contributed by atoms with Gasteiger partial charge in [-0.3, -0.25) is 19.5 Å². The number of carbonyl (C=O) groups is 1. The summed E-state index contributed by atoms with van der Waals surface area (Å²) in [5.74, 6) is -0.149. The zero-order valence-electron chi connectivity index (χ0n) is 14.9. The predicted octanol–water partition coefficient (Wildman–Crippen LogP) is 2.85. The molecule has 0 fully saturated rings. The molecule has 3 rings (SSSR count). The van der Waals surface area contributed by atoms with Crippen molar-refractivity contribution in [3.8, 4) is 11.6 Å². The van der Waals surface area contributed by atoms with Gasteiger partial charge in [-0.25, -0.2) is 0 Å². The molecule has 0 saturated heterocycles. The third-order valence-corrected chi connectivity index (χ3v) is 3.65. The Kier molecular flexibility index (Phi) is 4.39. The van der Waals surface area contributed by atoms with Gasteiger partial charge in [0.05, 0.1) is 0 Å². The first-order valence-corrected chi connectivity index (χ1v) is 8.11. The fraction of sp³-hybridized carbons (Fsp3) is 0.438. The summed E-state index contributed by atoms with van der Waals surface area (Å²) in [6.45, 7) is 9.95. The minimum Gasteiger partial charge on any atom is -0.401 e. The molecule has 9 heteroatoms. The molecule has 0 unspecified atom stereocenters. The third kappa shape index (κ3) is 3.44. The van der Waals surface area contributed by atoms with E-state index in [0.29, 0.717) is 11.4 Å². The second-order valence-corrected chi connectivity index (χ2v) is 6.35. The molecule has 3 aromatic rings. The van der Waals surface area contributed by atoms with Crippen molar-refractivity contribution in [1.29, 1.82) is 0 Å². The van der Waals surface area contributed by atoms with Crippen molar-refractivity contribution in [3.63, 3.8) is 0 Å². The lowest BCUT2D eigenvalue weighted by molar-refractivity contribution is 0.101. The smallest absolute Gasteiger partial charge is 0.322 e. The minimum absolute atomic E-state index is 0.0100. The van der Waals surface area contributed by atoms with E-state index in [1.165, 1.54) is 0 Å². The molecule has 1 N–H and O–H groups in total.